The summed E-state index contributed by atoms with van der Waals surface area (Å²) in [6.07, 6.45) is 1.52. The molecule has 1 amide bonds. The Morgan fingerprint density at radius 3 is 2.22 bits per heavy atom. The van der Waals surface area contributed by atoms with Crippen LogP contribution in [0.3, 0.4) is 0 Å². The van der Waals surface area contributed by atoms with E-state index in [-0.39, 0.29) is 11.5 Å². The van der Waals surface area contributed by atoms with Gasteiger partial charge in [-0.2, -0.15) is 5.26 Å². The van der Waals surface area contributed by atoms with Crippen LogP contribution in [0.15, 0.2) is 36.0 Å². The van der Waals surface area contributed by atoms with Gasteiger partial charge in [0.2, 0.25) is 0 Å². The normalized spacial score (nSPS) is 10.7. The molecule has 0 N–H and O–H groups in total. The zero-order valence-electron chi connectivity index (χ0n) is 11.1. The number of rotatable bonds is 3. The van der Waals surface area contributed by atoms with Crippen LogP contribution in [-0.4, -0.2) is 32.0 Å². The molecule has 0 spiro atoms. The number of likely N-dealkylation sites (N-methyl/N-ethyl adjacent to an activating group) is 1. The largest absolute Gasteiger partial charge is 0.382 e. The molecule has 18 heavy (non-hydrogen) atoms. The van der Waals surface area contributed by atoms with Crippen molar-refractivity contribution < 1.29 is 4.79 Å². The second-order valence-electron chi connectivity index (χ2n) is 4.32. The average molecular weight is 243 g/mol. The maximum Gasteiger partial charge on any atom is 0.270 e. The van der Waals surface area contributed by atoms with Gasteiger partial charge in [-0.05, 0) is 19.1 Å². The first-order chi connectivity index (χ1) is 8.45. The number of hydrogen-bond acceptors (Lipinski definition) is 3. The van der Waals surface area contributed by atoms with Gasteiger partial charge >= 0.3 is 0 Å². The Bertz CT molecular complexity index is 495. The molecular weight excluding hydrogens is 226 g/mol. The third kappa shape index (κ3) is 3.36. The van der Waals surface area contributed by atoms with Gasteiger partial charge in [-0.1, -0.05) is 17.7 Å². The number of carbonyl (C=O) groups is 1. The number of benzene rings is 1. The van der Waals surface area contributed by atoms with Crippen LogP contribution in [0.1, 0.15) is 5.56 Å². The summed E-state index contributed by atoms with van der Waals surface area (Å²) in [5, 5.41) is 8.99. The van der Waals surface area contributed by atoms with Gasteiger partial charge < -0.3 is 9.80 Å². The Labute approximate surface area is 108 Å². The number of amides is 1. The van der Waals surface area contributed by atoms with Crippen molar-refractivity contribution in [2.45, 2.75) is 6.92 Å². The fourth-order valence-corrected chi connectivity index (χ4v) is 1.46. The molecule has 4 heteroatoms. The van der Waals surface area contributed by atoms with E-state index in [0.717, 1.165) is 11.3 Å². The highest BCUT2D eigenvalue weighted by molar-refractivity contribution is 6.07. The summed E-state index contributed by atoms with van der Waals surface area (Å²) >= 11 is 0. The summed E-state index contributed by atoms with van der Waals surface area (Å²) in [7, 11) is 5.21. The van der Waals surface area contributed by atoms with Crippen LogP contribution >= 0.6 is 0 Å². The quantitative estimate of drug-likeness (QED) is 0.602. The fourth-order valence-electron chi connectivity index (χ4n) is 1.46. The molecule has 94 valence electrons. The number of aryl methyl sites for hydroxylation is 1. The maximum atomic E-state index is 12.1. The molecule has 0 unspecified atom stereocenters. The van der Waals surface area contributed by atoms with Crippen LogP contribution in [0.2, 0.25) is 0 Å². The van der Waals surface area contributed by atoms with Crippen molar-refractivity contribution in [3.05, 3.63) is 41.6 Å². The molecular formula is C14H17N3O. The van der Waals surface area contributed by atoms with Crippen LogP contribution < -0.4 is 4.90 Å². The van der Waals surface area contributed by atoms with E-state index in [9.17, 15) is 4.79 Å². The first-order valence-electron chi connectivity index (χ1n) is 5.58. The molecule has 1 rings (SSSR count). The van der Waals surface area contributed by atoms with Crippen molar-refractivity contribution in [1.29, 1.82) is 5.26 Å². The molecule has 1 aromatic rings. The van der Waals surface area contributed by atoms with Crippen molar-refractivity contribution in [3.8, 4) is 6.07 Å². The lowest BCUT2D eigenvalue weighted by molar-refractivity contribution is -0.114. The smallest absolute Gasteiger partial charge is 0.270 e. The van der Waals surface area contributed by atoms with E-state index < -0.39 is 0 Å². The molecule has 0 heterocycles. The van der Waals surface area contributed by atoms with Gasteiger partial charge in [-0.25, -0.2) is 0 Å². The molecule has 0 aliphatic heterocycles. The third-order valence-corrected chi connectivity index (χ3v) is 2.46. The molecule has 0 atom stereocenters. The fraction of sp³-hybridized carbons (Fsp3) is 0.286. The van der Waals surface area contributed by atoms with E-state index in [0.29, 0.717) is 0 Å². The predicted octanol–water partition coefficient (Wildman–Crippen LogP) is 1.93. The molecule has 0 saturated carbocycles. The molecule has 0 aromatic heterocycles. The maximum absolute atomic E-state index is 12.1. The monoisotopic (exact) mass is 243 g/mol. The van der Waals surface area contributed by atoms with E-state index in [4.69, 9.17) is 5.26 Å². The van der Waals surface area contributed by atoms with Crippen molar-refractivity contribution in [3.63, 3.8) is 0 Å². The summed E-state index contributed by atoms with van der Waals surface area (Å²) in [5.74, 6) is -0.310. The lowest BCUT2D eigenvalue weighted by Gasteiger charge is -2.17. The highest BCUT2D eigenvalue weighted by atomic mass is 16.2. The Hall–Kier alpha value is -2.28. The van der Waals surface area contributed by atoms with E-state index in [1.54, 1.807) is 26.0 Å². The minimum atomic E-state index is -0.310. The molecule has 0 bridgehead atoms. The van der Waals surface area contributed by atoms with Gasteiger partial charge in [0, 0.05) is 33.0 Å². The van der Waals surface area contributed by atoms with Gasteiger partial charge in [-0.3, -0.25) is 4.79 Å². The van der Waals surface area contributed by atoms with Crippen LogP contribution in [0.5, 0.6) is 0 Å². The van der Waals surface area contributed by atoms with Gasteiger partial charge in [0.05, 0.1) is 0 Å². The summed E-state index contributed by atoms with van der Waals surface area (Å²) in [6.45, 7) is 1.98. The molecule has 0 radical (unpaired) electrons. The van der Waals surface area contributed by atoms with Crippen LogP contribution in [-0.2, 0) is 4.79 Å². The third-order valence-electron chi connectivity index (χ3n) is 2.46. The van der Waals surface area contributed by atoms with Gasteiger partial charge in [0.15, 0.2) is 0 Å². The molecule has 0 saturated heterocycles. The Morgan fingerprint density at radius 1 is 1.22 bits per heavy atom. The predicted molar refractivity (Wildman–Crippen MR) is 72.0 cm³/mol. The highest BCUT2D eigenvalue weighted by Gasteiger charge is 2.16. The minimum absolute atomic E-state index is 0.114. The molecule has 1 aromatic carbocycles. The van der Waals surface area contributed by atoms with Crippen LogP contribution in [0, 0.1) is 18.3 Å². The number of nitriles is 1. The lowest BCUT2D eigenvalue weighted by atomic mass is 10.2. The average Bonchev–Trinajstić information content (AvgIpc) is 2.35. The zero-order chi connectivity index (χ0) is 13.7. The second kappa shape index (κ2) is 5.87. The highest BCUT2D eigenvalue weighted by Crippen LogP contribution is 2.15. The number of hydrogen-bond donors (Lipinski definition) is 0. The van der Waals surface area contributed by atoms with Gasteiger partial charge in [0.25, 0.3) is 5.91 Å². The van der Waals surface area contributed by atoms with E-state index in [2.05, 4.69) is 0 Å². The van der Waals surface area contributed by atoms with E-state index in [1.165, 1.54) is 11.1 Å². The van der Waals surface area contributed by atoms with Gasteiger partial charge in [0.1, 0.15) is 11.6 Å². The summed E-state index contributed by atoms with van der Waals surface area (Å²) in [4.78, 5) is 15.3. The summed E-state index contributed by atoms with van der Waals surface area (Å²) in [5.41, 5.74) is 2.01. The summed E-state index contributed by atoms with van der Waals surface area (Å²) < 4.78 is 0. The van der Waals surface area contributed by atoms with E-state index >= 15 is 0 Å². The SMILES string of the molecule is Cc1ccc(N(C)C(=O)/C(C#N)=C/N(C)C)cc1. The molecule has 0 aliphatic carbocycles. The molecule has 0 fully saturated rings. The standard InChI is InChI=1S/C14H17N3O/c1-11-5-7-13(8-6-11)17(4)14(18)12(9-15)10-16(2)3/h5-8,10H,1-4H3/b12-10+. The second-order valence-corrected chi connectivity index (χ2v) is 4.32. The lowest BCUT2D eigenvalue weighted by Crippen LogP contribution is -2.28. The van der Waals surface area contributed by atoms with Crippen molar-refractivity contribution >= 4 is 11.6 Å². The molecule has 4 nitrogen and oxygen atoms in total. The Kier molecular flexibility index (Phi) is 4.50. The topological polar surface area (TPSA) is 47.3 Å². The Morgan fingerprint density at radius 2 is 1.78 bits per heavy atom. The van der Waals surface area contributed by atoms with Crippen molar-refractivity contribution in [2.24, 2.45) is 0 Å². The van der Waals surface area contributed by atoms with Crippen molar-refractivity contribution in [1.82, 2.24) is 4.90 Å². The van der Waals surface area contributed by atoms with Crippen LogP contribution in [0.4, 0.5) is 5.69 Å². The Balaban J connectivity index is 2.97. The number of carbonyl (C=O) groups excluding carboxylic acids is 1. The first-order valence-corrected chi connectivity index (χ1v) is 5.58. The first kappa shape index (κ1) is 13.8. The minimum Gasteiger partial charge on any atom is -0.382 e. The number of nitrogens with zero attached hydrogens (tertiary/aromatic N) is 3. The van der Waals surface area contributed by atoms with Crippen LogP contribution in [0.25, 0.3) is 0 Å². The van der Waals surface area contributed by atoms with Crippen molar-refractivity contribution in [2.75, 3.05) is 26.0 Å². The van der Waals surface area contributed by atoms with E-state index in [1.807, 2.05) is 37.3 Å². The summed E-state index contributed by atoms with van der Waals surface area (Å²) in [6, 6.07) is 9.50. The number of anilines is 1. The zero-order valence-corrected chi connectivity index (χ0v) is 11.1. The van der Waals surface area contributed by atoms with Gasteiger partial charge in [-0.15, -0.1) is 0 Å². The molecule has 0 aliphatic rings.